The molecule has 0 heterocycles. The molecule has 0 saturated carbocycles. The average Bonchev–Trinajstić information content (AvgIpc) is 2.66. The van der Waals surface area contributed by atoms with Crippen LogP contribution >= 0.6 is 0 Å². The lowest BCUT2D eigenvalue weighted by Gasteiger charge is -2.57. The summed E-state index contributed by atoms with van der Waals surface area (Å²) in [7, 11) is -3.91. The van der Waals surface area contributed by atoms with Crippen molar-refractivity contribution in [3.05, 3.63) is 0 Å². The van der Waals surface area contributed by atoms with Crippen LogP contribution in [0.25, 0.3) is 0 Å². The van der Waals surface area contributed by atoms with E-state index in [1.165, 1.54) is 6.04 Å². The van der Waals surface area contributed by atoms with Crippen LogP contribution in [0.15, 0.2) is 0 Å². The second-order valence-corrected chi connectivity index (χ2v) is 19.5. The van der Waals surface area contributed by atoms with E-state index in [1.54, 1.807) is 0 Å². The van der Waals surface area contributed by atoms with Gasteiger partial charge >= 0.3 is 0 Å². The van der Waals surface area contributed by atoms with Crippen molar-refractivity contribution in [2.75, 3.05) is 19.6 Å². The minimum atomic E-state index is -2.08. The lowest BCUT2D eigenvalue weighted by atomic mass is 9.83. The molecule has 0 aromatic carbocycles. The predicted molar refractivity (Wildman–Crippen MR) is 139 cm³/mol. The Labute approximate surface area is 191 Å². The number of rotatable bonds is 17. The molecular weight excluding hydrogens is 404 g/mol. The van der Waals surface area contributed by atoms with Crippen molar-refractivity contribution in [2.24, 2.45) is 5.73 Å². The summed E-state index contributed by atoms with van der Waals surface area (Å²) in [6, 6.07) is 1.17. The highest BCUT2D eigenvalue weighted by Crippen LogP contribution is 2.56. The third-order valence-corrected chi connectivity index (χ3v) is 15.0. The van der Waals surface area contributed by atoms with Crippen LogP contribution in [0, 0.1) is 0 Å². The van der Waals surface area contributed by atoms with E-state index in [2.05, 4.69) is 80.0 Å². The fourth-order valence-electron chi connectivity index (χ4n) is 5.00. The molecule has 30 heavy (non-hydrogen) atoms. The molecular formula is C24H56N2O2Si2. The fraction of sp³-hybridized carbons (Fsp3) is 1.00. The number of hydrogen-bond donors (Lipinski definition) is 2. The largest absolute Gasteiger partial charge is 0.412 e. The first-order valence-electron chi connectivity index (χ1n) is 12.5. The van der Waals surface area contributed by atoms with Gasteiger partial charge in [-0.05, 0) is 84.7 Å². The Hall–Kier alpha value is 0.274. The summed E-state index contributed by atoms with van der Waals surface area (Å²) >= 11 is 0. The van der Waals surface area contributed by atoms with Gasteiger partial charge in [-0.1, -0.05) is 41.0 Å². The Kier molecular flexibility index (Phi) is 12.6. The van der Waals surface area contributed by atoms with Gasteiger partial charge in [-0.3, -0.25) is 0 Å². The minimum Gasteiger partial charge on any atom is -0.412 e. The van der Waals surface area contributed by atoms with Crippen LogP contribution in [0.1, 0.15) is 87.0 Å². The molecule has 0 aromatic heterocycles. The minimum absolute atomic E-state index is 0.0408. The Morgan fingerprint density at radius 1 is 0.833 bits per heavy atom. The van der Waals surface area contributed by atoms with Gasteiger partial charge in [0.2, 0.25) is 0 Å². The monoisotopic (exact) mass is 460 g/mol. The molecule has 0 spiro atoms. The van der Waals surface area contributed by atoms with E-state index in [0.29, 0.717) is 6.54 Å². The average molecular weight is 461 g/mol. The highest BCUT2D eigenvalue weighted by molar-refractivity contribution is 6.75. The Morgan fingerprint density at radius 2 is 1.40 bits per heavy atom. The third-order valence-electron chi connectivity index (χ3n) is 7.88. The van der Waals surface area contributed by atoms with Crippen LogP contribution in [0.4, 0.5) is 0 Å². The lowest BCUT2D eigenvalue weighted by Crippen LogP contribution is -2.61. The highest BCUT2D eigenvalue weighted by Gasteiger charge is 2.58. The highest BCUT2D eigenvalue weighted by atomic mass is 28.4. The van der Waals surface area contributed by atoms with E-state index in [0.717, 1.165) is 51.6 Å². The van der Waals surface area contributed by atoms with E-state index in [9.17, 15) is 0 Å². The molecule has 0 aromatic rings. The number of hydrogen-bond acceptors (Lipinski definition) is 4. The number of nitrogens with two attached hydrogens (primary N) is 1. The van der Waals surface area contributed by atoms with Gasteiger partial charge in [-0.25, -0.2) is 0 Å². The fourth-order valence-corrected chi connectivity index (χ4v) is 11.8. The summed E-state index contributed by atoms with van der Waals surface area (Å²) in [6.45, 7) is 28.6. The van der Waals surface area contributed by atoms with Crippen LogP contribution < -0.4 is 11.1 Å². The maximum absolute atomic E-state index is 7.24. The maximum atomic E-state index is 7.24. The van der Waals surface area contributed by atoms with E-state index < -0.39 is 16.6 Å². The van der Waals surface area contributed by atoms with Gasteiger partial charge in [-0.15, -0.1) is 0 Å². The lowest BCUT2D eigenvalue weighted by molar-refractivity contribution is -0.00728. The van der Waals surface area contributed by atoms with Gasteiger partial charge in [0.25, 0.3) is 0 Å². The SMILES string of the molecule is CCCC(C)(O[Si](C)(C)CCCNCCN)C(C)(CC)[Si](C)(C)OC(C)(CC)CC. The van der Waals surface area contributed by atoms with Gasteiger partial charge in [0, 0.05) is 18.1 Å². The smallest absolute Gasteiger partial charge is 0.196 e. The van der Waals surface area contributed by atoms with Crippen molar-refractivity contribution >= 4 is 16.6 Å². The Bertz CT molecular complexity index is 484. The molecule has 0 bridgehead atoms. The van der Waals surface area contributed by atoms with Gasteiger partial charge in [0.05, 0.1) is 11.2 Å². The molecule has 0 rings (SSSR count). The standard InChI is InChI=1S/C24H56N2O2Si2/c1-12-17-23(6,28-29(8,9)21-16-19-26-20-18-25)24(7,15-4)30(10,11)27-22(5,13-2)14-3/h26H,12-21,25H2,1-11H3. The van der Waals surface area contributed by atoms with Gasteiger partial charge in [0.15, 0.2) is 16.6 Å². The zero-order valence-corrected chi connectivity index (χ0v) is 24.5. The summed E-state index contributed by atoms with van der Waals surface area (Å²) in [4.78, 5) is 0. The zero-order valence-electron chi connectivity index (χ0n) is 22.5. The van der Waals surface area contributed by atoms with Gasteiger partial charge in [-0.2, -0.15) is 0 Å². The summed E-state index contributed by atoms with van der Waals surface area (Å²) in [5.74, 6) is 0. The second-order valence-electron chi connectivity index (χ2n) is 10.9. The van der Waals surface area contributed by atoms with Crippen molar-refractivity contribution in [3.63, 3.8) is 0 Å². The summed E-state index contributed by atoms with van der Waals surface area (Å²) < 4.78 is 14.3. The van der Waals surface area contributed by atoms with Crippen molar-refractivity contribution in [1.29, 1.82) is 0 Å². The summed E-state index contributed by atoms with van der Waals surface area (Å²) in [6.07, 6.45) is 6.59. The third kappa shape index (κ3) is 8.00. The topological polar surface area (TPSA) is 56.5 Å². The van der Waals surface area contributed by atoms with Crippen LogP contribution in [0.5, 0.6) is 0 Å². The maximum Gasteiger partial charge on any atom is 0.196 e. The molecule has 0 aliphatic heterocycles. The molecule has 0 fully saturated rings. The molecule has 6 heteroatoms. The summed E-state index contributed by atoms with van der Waals surface area (Å²) in [5.41, 5.74) is 5.40. The summed E-state index contributed by atoms with van der Waals surface area (Å²) in [5, 5.41) is 3.47. The van der Waals surface area contributed by atoms with Gasteiger partial charge in [0.1, 0.15) is 0 Å². The Balaban J connectivity index is 5.74. The quantitative estimate of drug-likeness (QED) is 0.188. The van der Waals surface area contributed by atoms with E-state index in [4.69, 9.17) is 14.6 Å². The molecule has 2 unspecified atom stereocenters. The molecule has 0 radical (unpaired) electrons. The molecule has 0 amide bonds. The molecule has 2 atom stereocenters. The second kappa shape index (κ2) is 12.5. The first kappa shape index (κ1) is 30.3. The molecule has 3 N–H and O–H groups in total. The molecule has 0 aliphatic carbocycles. The van der Waals surface area contributed by atoms with Crippen molar-refractivity contribution in [2.45, 2.75) is 135 Å². The molecule has 182 valence electrons. The predicted octanol–water partition coefficient (Wildman–Crippen LogP) is 6.68. The molecule has 0 aliphatic rings. The van der Waals surface area contributed by atoms with Crippen molar-refractivity contribution in [1.82, 2.24) is 5.32 Å². The van der Waals surface area contributed by atoms with E-state index in [-0.39, 0.29) is 16.2 Å². The first-order valence-corrected chi connectivity index (χ1v) is 18.6. The normalized spacial score (nSPS) is 17.6. The molecule has 0 saturated heterocycles. The van der Waals surface area contributed by atoms with Crippen LogP contribution in [0.2, 0.25) is 37.3 Å². The van der Waals surface area contributed by atoms with Crippen molar-refractivity contribution in [3.8, 4) is 0 Å². The van der Waals surface area contributed by atoms with Crippen LogP contribution in [0.3, 0.4) is 0 Å². The van der Waals surface area contributed by atoms with E-state index >= 15 is 0 Å². The zero-order chi connectivity index (χ0) is 23.7. The first-order chi connectivity index (χ1) is 13.7. The Morgan fingerprint density at radius 3 is 1.83 bits per heavy atom. The van der Waals surface area contributed by atoms with E-state index in [1.807, 2.05) is 0 Å². The molecule has 4 nitrogen and oxygen atoms in total. The number of nitrogens with one attached hydrogen (secondary N) is 1. The van der Waals surface area contributed by atoms with Crippen LogP contribution in [-0.2, 0) is 8.85 Å². The van der Waals surface area contributed by atoms with Gasteiger partial charge < -0.3 is 19.9 Å². The van der Waals surface area contributed by atoms with Crippen molar-refractivity contribution < 1.29 is 8.85 Å². The van der Waals surface area contributed by atoms with Crippen LogP contribution in [-0.4, -0.2) is 47.5 Å².